The van der Waals surface area contributed by atoms with E-state index in [1.165, 1.54) is 6.07 Å². The summed E-state index contributed by atoms with van der Waals surface area (Å²) in [6.07, 6.45) is 1.96. The van der Waals surface area contributed by atoms with Gasteiger partial charge in [0.2, 0.25) is 0 Å². The first-order valence-corrected chi connectivity index (χ1v) is 7.78. The van der Waals surface area contributed by atoms with Gasteiger partial charge >= 0.3 is 0 Å². The quantitative estimate of drug-likeness (QED) is 0.660. The molecule has 1 N–H and O–H groups in total. The Labute approximate surface area is 142 Å². The molecule has 128 valence electrons. The maximum Gasteiger partial charge on any atom is 0.273 e. The minimum Gasteiger partial charge on any atom is -0.339 e. The third-order valence-corrected chi connectivity index (χ3v) is 4.32. The number of piperidine rings is 1. The van der Waals surface area contributed by atoms with Crippen LogP contribution in [0.4, 0.5) is 5.69 Å². The Hall–Kier alpha value is -1.66. The second-order valence-electron chi connectivity index (χ2n) is 5.75. The molecule has 0 aromatic heterocycles. The van der Waals surface area contributed by atoms with Crippen LogP contribution >= 0.6 is 12.4 Å². The van der Waals surface area contributed by atoms with Crippen LogP contribution in [0.15, 0.2) is 18.2 Å². The Morgan fingerprint density at radius 2 is 2.04 bits per heavy atom. The average molecular weight is 342 g/mol. The number of benzene rings is 1. The van der Waals surface area contributed by atoms with Gasteiger partial charge in [-0.15, -0.1) is 12.4 Å². The van der Waals surface area contributed by atoms with Gasteiger partial charge in [0.25, 0.3) is 11.6 Å². The summed E-state index contributed by atoms with van der Waals surface area (Å²) in [5, 5.41) is 14.3. The lowest BCUT2D eigenvalue weighted by Crippen LogP contribution is -2.41. The van der Waals surface area contributed by atoms with Gasteiger partial charge in [-0.2, -0.15) is 0 Å². The largest absolute Gasteiger partial charge is 0.339 e. The molecule has 1 amide bonds. The van der Waals surface area contributed by atoms with Crippen molar-refractivity contribution in [3.8, 4) is 0 Å². The number of likely N-dealkylation sites (tertiary alicyclic amines) is 1. The number of hydrogen-bond donors (Lipinski definition) is 1. The van der Waals surface area contributed by atoms with E-state index in [0.29, 0.717) is 17.0 Å². The maximum atomic E-state index is 12.6. The van der Waals surface area contributed by atoms with Crippen molar-refractivity contribution < 1.29 is 9.72 Å². The van der Waals surface area contributed by atoms with Crippen LogP contribution in [0.3, 0.4) is 0 Å². The van der Waals surface area contributed by atoms with E-state index in [-0.39, 0.29) is 24.0 Å². The second-order valence-corrected chi connectivity index (χ2v) is 5.75. The number of carbonyl (C=O) groups excluding carboxylic acids is 1. The van der Waals surface area contributed by atoms with E-state index in [1.807, 2.05) is 4.90 Å². The summed E-state index contributed by atoms with van der Waals surface area (Å²) in [6, 6.07) is 4.69. The van der Waals surface area contributed by atoms with E-state index in [1.54, 1.807) is 19.1 Å². The van der Waals surface area contributed by atoms with Crippen molar-refractivity contribution in [1.29, 1.82) is 0 Å². The molecule has 0 atom stereocenters. The third kappa shape index (κ3) is 4.65. The van der Waals surface area contributed by atoms with Gasteiger partial charge in [0.05, 0.1) is 4.92 Å². The van der Waals surface area contributed by atoms with Crippen molar-refractivity contribution in [3.05, 3.63) is 39.4 Å². The SMILES string of the molecule is CCNCC1CCN(C(=O)c2cccc([N+](=O)[O-])c2C)CC1.Cl. The van der Waals surface area contributed by atoms with Crippen molar-refractivity contribution >= 4 is 24.0 Å². The Morgan fingerprint density at radius 1 is 1.39 bits per heavy atom. The highest BCUT2D eigenvalue weighted by atomic mass is 35.5. The Kier molecular flexibility index (Phi) is 7.45. The van der Waals surface area contributed by atoms with Crippen LogP contribution in [0.2, 0.25) is 0 Å². The molecule has 0 bridgehead atoms. The normalized spacial score (nSPS) is 15.1. The minimum absolute atomic E-state index is 0. The summed E-state index contributed by atoms with van der Waals surface area (Å²) >= 11 is 0. The van der Waals surface area contributed by atoms with Crippen LogP contribution in [0.5, 0.6) is 0 Å². The highest BCUT2D eigenvalue weighted by Gasteiger charge is 2.26. The van der Waals surface area contributed by atoms with Crippen LogP contribution in [0.25, 0.3) is 0 Å². The molecule has 1 fully saturated rings. The van der Waals surface area contributed by atoms with Crippen LogP contribution < -0.4 is 5.32 Å². The van der Waals surface area contributed by atoms with E-state index < -0.39 is 4.92 Å². The summed E-state index contributed by atoms with van der Waals surface area (Å²) < 4.78 is 0. The highest BCUT2D eigenvalue weighted by molar-refractivity contribution is 5.96. The molecule has 6 nitrogen and oxygen atoms in total. The topological polar surface area (TPSA) is 75.5 Å². The molecular weight excluding hydrogens is 318 g/mol. The lowest BCUT2D eigenvalue weighted by atomic mass is 9.95. The van der Waals surface area contributed by atoms with E-state index in [4.69, 9.17) is 0 Å². The zero-order valence-electron chi connectivity index (χ0n) is 13.6. The molecule has 0 saturated carbocycles. The van der Waals surface area contributed by atoms with Gasteiger partial charge in [0, 0.05) is 30.3 Å². The Balaban J connectivity index is 0.00000264. The van der Waals surface area contributed by atoms with Crippen LogP contribution in [0.1, 0.15) is 35.7 Å². The lowest BCUT2D eigenvalue weighted by molar-refractivity contribution is -0.385. The molecule has 2 rings (SSSR count). The molecule has 7 heteroatoms. The van der Waals surface area contributed by atoms with Gasteiger partial charge < -0.3 is 10.2 Å². The standard InChI is InChI=1S/C16H23N3O3.ClH/c1-3-17-11-13-7-9-18(10-8-13)16(20)14-5-4-6-15(12(14)2)19(21)22;/h4-6,13,17H,3,7-11H2,1-2H3;1H. The number of hydrogen-bond acceptors (Lipinski definition) is 4. The maximum absolute atomic E-state index is 12.6. The molecule has 0 aliphatic carbocycles. The van der Waals surface area contributed by atoms with Crippen molar-refractivity contribution in [2.45, 2.75) is 26.7 Å². The fraction of sp³-hybridized carbons (Fsp3) is 0.562. The van der Waals surface area contributed by atoms with Gasteiger partial charge in [-0.05, 0) is 44.8 Å². The number of nitrogens with zero attached hydrogens (tertiary/aromatic N) is 2. The smallest absolute Gasteiger partial charge is 0.273 e. The number of rotatable bonds is 5. The monoisotopic (exact) mass is 341 g/mol. The molecular formula is C16H24ClN3O3. The van der Waals surface area contributed by atoms with Gasteiger partial charge in [-0.3, -0.25) is 14.9 Å². The van der Waals surface area contributed by atoms with Crippen LogP contribution in [-0.2, 0) is 0 Å². The molecule has 0 spiro atoms. The van der Waals surface area contributed by atoms with E-state index in [9.17, 15) is 14.9 Å². The first-order chi connectivity index (χ1) is 10.5. The van der Waals surface area contributed by atoms with E-state index in [2.05, 4.69) is 12.2 Å². The molecule has 1 heterocycles. The van der Waals surface area contributed by atoms with Crippen LogP contribution in [0, 0.1) is 23.0 Å². The number of nitro groups is 1. The zero-order chi connectivity index (χ0) is 16.1. The van der Waals surface area contributed by atoms with Crippen molar-refractivity contribution in [2.24, 2.45) is 5.92 Å². The molecule has 0 radical (unpaired) electrons. The van der Waals surface area contributed by atoms with Crippen molar-refractivity contribution in [1.82, 2.24) is 10.2 Å². The van der Waals surface area contributed by atoms with E-state index in [0.717, 1.165) is 39.0 Å². The third-order valence-electron chi connectivity index (χ3n) is 4.32. The number of halogens is 1. The number of nitrogens with one attached hydrogen (secondary N) is 1. The summed E-state index contributed by atoms with van der Waals surface area (Å²) in [7, 11) is 0. The number of nitro benzene ring substituents is 1. The van der Waals surface area contributed by atoms with Crippen molar-refractivity contribution in [3.63, 3.8) is 0 Å². The highest BCUT2D eigenvalue weighted by Crippen LogP contribution is 2.24. The molecule has 0 unspecified atom stereocenters. The molecule has 1 aromatic rings. The molecule has 23 heavy (non-hydrogen) atoms. The minimum atomic E-state index is -0.436. The van der Waals surface area contributed by atoms with E-state index >= 15 is 0 Å². The summed E-state index contributed by atoms with van der Waals surface area (Å²) in [5.74, 6) is 0.512. The fourth-order valence-electron chi connectivity index (χ4n) is 2.91. The Morgan fingerprint density at radius 3 is 2.61 bits per heavy atom. The average Bonchev–Trinajstić information content (AvgIpc) is 2.52. The van der Waals surface area contributed by atoms with Gasteiger partial charge in [0.15, 0.2) is 0 Å². The fourth-order valence-corrected chi connectivity index (χ4v) is 2.91. The first-order valence-electron chi connectivity index (χ1n) is 7.78. The molecule has 1 aliphatic heterocycles. The van der Waals surface area contributed by atoms with Crippen LogP contribution in [-0.4, -0.2) is 41.9 Å². The summed E-state index contributed by atoms with van der Waals surface area (Å²) in [4.78, 5) is 25.0. The number of amides is 1. The Bertz CT molecular complexity index is 558. The first kappa shape index (κ1) is 19.4. The number of carbonyl (C=O) groups is 1. The van der Waals surface area contributed by atoms with Gasteiger partial charge in [0.1, 0.15) is 0 Å². The van der Waals surface area contributed by atoms with Gasteiger partial charge in [-0.1, -0.05) is 13.0 Å². The predicted molar refractivity (Wildman–Crippen MR) is 92.3 cm³/mol. The molecule has 1 aliphatic rings. The molecule has 1 saturated heterocycles. The predicted octanol–water partition coefficient (Wildman–Crippen LogP) is 2.79. The molecule has 1 aromatic carbocycles. The van der Waals surface area contributed by atoms with Gasteiger partial charge in [-0.25, -0.2) is 0 Å². The lowest BCUT2D eigenvalue weighted by Gasteiger charge is -2.32. The van der Waals surface area contributed by atoms with Crippen molar-refractivity contribution in [2.75, 3.05) is 26.2 Å². The summed E-state index contributed by atoms with van der Waals surface area (Å²) in [6.45, 7) is 7.13. The second kappa shape index (κ2) is 8.84. The summed E-state index contributed by atoms with van der Waals surface area (Å²) in [5.41, 5.74) is 0.902. The zero-order valence-corrected chi connectivity index (χ0v) is 14.4.